The highest BCUT2D eigenvalue weighted by atomic mass is 32.2. The van der Waals surface area contributed by atoms with Crippen LogP contribution in [0.5, 0.6) is 5.75 Å². The van der Waals surface area contributed by atoms with Crippen molar-refractivity contribution in [2.75, 3.05) is 6.61 Å². The Hall–Kier alpha value is -2.60. The summed E-state index contributed by atoms with van der Waals surface area (Å²) in [4.78, 5) is 12.4. The first-order valence-electron chi connectivity index (χ1n) is 10.1. The van der Waals surface area contributed by atoms with Gasteiger partial charge >= 0.3 is 0 Å². The molecule has 6 heteroatoms. The van der Waals surface area contributed by atoms with E-state index in [9.17, 15) is 4.79 Å². The molecule has 1 aliphatic rings. The van der Waals surface area contributed by atoms with Gasteiger partial charge in [-0.05, 0) is 57.0 Å². The van der Waals surface area contributed by atoms with Crippen LogP contribution in [0, 0.1) is 6.92 Å². The summed E-state index contributed by atoms with van der Waals surface area (Å²) in [6.07, 6.45) is 3.65. The fourth-order valence-corrected chi connectivity index (χ4v) is 4.78. The lowest BCUT2D eigenvalue weighted by molar-refractivity contribution is -0.119. The Bertz CT molecular complexity index is 998. The van der Waals surface area contributed by atoms with Gasteiger partial charge in [0.1, 0.15) is 11.5 Å². The Labute approximate surface area is 175 Å². The molecule has 0 unspecified atom stereocenters. The van der Waals surface area contributed by atoms with Crippen LogP contribution in [-0.4, -0.2) is 32.4 Å². The lowest BCUT2D eigenvalue weighted by Crippen LogP contribution is -2.21. The first-order valence-corrected chi connectivity index (χ1v) is 11.0. The molecule has 0 bridgehead atoms. The van der Waals surface area contributed by atoms with Crippen molar-refractivity contribution in [3.8, 4) is 22.8 Å². The van der Waals surface area contributed by atoms with Crippen LogP contribution in [0.3, 0.4) is 0 Å². The molecule has 1 aliphatic carbocycles. The Morgan fingerprint density at radius 2 is 1.97 bits per heavy atom. The lowest BCUT2D eigenvalue weighted by Gasteiger charge is -2.20. The molecule has 4 rings (SSSR count). The summed E-state index contributed by atoms with van der Waals surface area (Å²) in [7, 11) is 0. The lowest BCUT2D eigenvalue weighted by atomic mass is 9.99. The number of rotatable bonds is 6. The Morgan fingerprint density at radius 1 is 1.14 bits per heavy atom. The molecule has 5 nitrogen and oxygen atoms in total. The number of hydrogen-bond donors (Lipinski definition) is 0. The van der Waals surface area contributed by atoms with Crippen molar-refractivity contribution in [1.29, 1.82) is 0 Å². The number of thioether (sulfide) groups is 1. The molecule has 0 amide bonds. The van der Waals surface area contributed by atoms with E-state index in [1.165, 1.54) is 17.3 Å². The van der Waals surface area contributed by atoms with Crippen LogP contribution >= 0.6 is 11.8 Å². The minimum Gasteiger partial charge on any atom is -0.494 e. The van der Waals surface area contributed by atoms with Crippen LogP contribution in [0.1, 0.15) is 38.2 Å². The molecule has 1 fully saturated rings. The molecule has 29 heavy (non-hydrogen) atoms. The van der Waals surface area contributed by atoms with Crippen molar-refractivity contribution in [1.82, 2.24) is 14.8 Å². The predicted octanol–water partition coefficient (Wildman–Crippen LogP) is 5.25. The standard InChI is InChI=1S/C23H25N3O2S/c1-3-28-19-13-11-18(12-14-19)26-22(17-8-6-7-16(2)15-17)24-25-23(26)29-21-10-5-4-9-20(21)27/h6-8,11-15,21H,3-5,9-10H2,1-2H3/t21-/m1/s1. The summed E-state index contributed by atoms with van der Waals surface area (Å²) in [6.45, 7) is 4.67. The number of Topliss-reactive ketones (excluding diaryl/α,β-unsaturated/α-hetero) is 1. The van der Waals surface area contributed by atoms with Crippen molar-refractivity contribution in [2.45, 2.75) is 49.9 Å². The van der Waals surface area contributed by atoms with E-state index in [1.807, 2.05) is 43.3 Å². The maximum Gasteiger partial charge on any atom is 0.196 e. The highest BCUT2D eigenvalue weighted by molar-refractivity contribution is 8.00. The van der Waals surface area contributed by atoms with Gasteiger partial charge in [-0.15, -0.1) is 10.2 Å². The molecule has 3 aromatic rings. The molecule has 0 saturated heterocycles. The van der Waals surface area contributed by atoms with E-state index in [2.05, 4.69) is 33.8 Å². The van der Waals surface area contributed by atoms with Crippen molar-refractivity contribution in [3.05, 3.63) is 54.1 Å². The average Bonchev–Trinajstić information content (AvgIpc) is 3.14. The van der Waals surface area contributed by atoms with Crippen LogP contribution < -0.4 is 4.74 Å². The Kier molecular flexibility index (Phi) is 6.00. The van der Waals surface area contributed by atoms with Gasteiger partial charge in [0.05, 0.1) is 11.9 Å². The summed E-state index contributed by atoms with van der Waals surface area (Å²) in [5, 5.41) is 9.69. The minimum atomic E-state index is -0.0419. The number of carbonyl (C=O) groups excluding carboxylic acids is 1. The Balaban J connectivity index is 1.76. The van der Waals surface area contributed by atoms with Crippen LogP contribution in [0.25, 0.3) is 17.1 Å². The third kappa shape index (κ3) is 4.37. The third-order valence-corrected chi connectivity index (χ3v) is 6.32. The van der Waals surface area contributed by atoms with Gasteiger partial charge < -0.3 is 4.74 Å². The number of ketones is 1. The fraction of sp³-hybridized carbons (Fsp3) is 0.348. The summed E-state index contributed by atoms with van der Waals surface area (Å²) < 4.78 is 7.64. The zero-order chi connectivity index (χ0) is 20.2. The van der Waals surface area contributed by atoms with Crippen molar-refractivity contribution in [2.24, 2.45) is 0 Å². The number of ether oxygens (including phenoxy) is 1. The number of carbonyl (C=O) groups is 1. The fourth-order valence-electron chi connectivity index (χ4n) is 3.61. The van der Waals surface area contributed by atoms with Crippen molar-refractivity contribution < 1.29 is 9.53 Å². The van der Waals surface area contributed by atoms with Gasteiger partial charge in [0.15, 0.2) is 11.0 Å². The van der Waals surface area contributed by atoms with E-state index in [1.54, 1.807) is 0 Å². The van der Waals surface area contributed by atoms with Crippen molar-refractivity contribution in [3.63, 3.8) is 0 Å². The molecular formula is C23H25N3O2S. The molecule has 1 heterocycles. The molecular weight excluding hydrogens is 382 g/mol. The van der Waals surface area contributed by atoms with Crippen molar-refractivity contribution >= 4 is 17.5 Å². The van der Waals surface area contributed by atoms with Crippen LogP contribution in [0.15, 0.2) is 53.7 Å². The SMILES string of the molecule is CCOc1ccc(-n2c(S[C@@H]3CCCCC3=O)nnc2-c2cccc(C)c2)cc1. The summed E-state index contributed by atoms with van der Waals surface area (Å²) in [5.74, 6) is 1.93. The highest BCUT2D eigenvalue weighted by Crippen LogP contribution is 2.35. The summed E-state index contributed by atoms with van der Waals surface area (Å²) in [5.41, 5.74) is 3.13. The van der Waals surface area contributed by atoms with E-state index in [0.717, 1.165) is 47.2 Å². The molecule has 0 radical (unpaired) electrons. The van der Waals surface area contributed by atoms with E-state index < -0.39 is 0 Å². The monoisotopic (exact) mass is 407 g/mol. The van der Waals surface area contributed by atoms with Crippen LogP contribution in [0.4, 0.5) is 0 Å². The smallest absolute Gasteiger partial charge is 0.196 e. The van der Waals surface area contributed by atoms with Gasteiger partial charge in [0.2, 0.25) is 0 Å². The third-order valence-electron chi connectivity index (χ3n) is 5.06. The second-order valence-electron chi connectivity index (χ2n) is 7.26. The maximum absolute atomic E-state index is 12.4. The zero-order valence-corrected chi connectivity index (χ0v) is 17.6. The molecule has 1 saturated carbocycles. The number of hydrogen-bond acceptors (Lipinski definition) is 5. The normalized spacial score (nSPS) is 16.8. The summed E-state index contributed by atoms with van der Waals surface area (Å²) >= 11 is 1.54. The van der Waals surface area contributed by atoms with Crippen LogP contribution in [-0.2, 0) is 4.79 Å². The van der Waals surface area contributed by atoms with Gasteiger partial charge in [-0.2, -0.15) is 0 Å². The van der Waals surface area contributed by atoms with Gasteiger partial charge in [0.25, 0.3) is 0 Å². The number of aromatic nitrogens is 3. The summed E-state index contributed by atoms with van der Waals surface area (Å²) in [6, 6.07) is 16.2. The molecule has 0 aliphatic heterocycles. The maximum atomic E-state index is 12.4. The number of aryl methyl sites for hydroxylation is 1. The Morgan fingerprint density at radius 3 is 2.69 bits per heavy atom. The minimum absolute atomic E-state index is 0.0419. The van der Waals surface area contributed by atoms with E-state index in [0.29, 0.717) is 18.8 Å². The van der Waals surface area contributed by atoms with Gasteiger partial charge in [-0.25, -0.2) is 0 Å². The van der Waals surface area contributed by atoms with Gasteiger partial charge in [0, 0.05) is 17.7 Å². The number of benzene rings is 2. The van der Waals surface area contributed by atoms with E-state index in [4.69, 9.17) is 4.74 Å². The molecule has 1 aromatic heterocycles. The first kappa shape index (κ1) is 19.7. The second-order valence-corrected chi connectivity index (χ2v) is 8.43. The highest BCUT2D eigenvalue weighted by Gasteiger charge is 2.27. The van der Waals surface area contributed by atoms with E-state index >= 15 is 0 Å². The largest absolute Gasteiger partial charge is 0.494 e. The quantitative estimate of drug-likeness (QED) is 0.559. The molecule has 0 N–H and O–H groups in total. The molecule has 0 spiro atoms. The van der Waals surface area contributed by atoms with Gasteiger partial charge in [-0.3, -0.25) is 9.36 Å². The zero-order valence-electron chi connectivity index (χ0n) is 16.8. The van der Waals surface area contributed by atoms with E-state index in [-0.39, 0.29) is 5.25 Å². The molecule has 2 aromatic carbocycles. The second kappa shape index (κ2) is 8.82. The first-order chi connectivity index (χ1) is 14.2. The molecule has 1 atom stereocenters. The molecule has 150 valence electrons. The topological polar surface area (TPSA) is 57.0 Å². The van der Waals surface area contributed by atoms with Crippen LogP contribution in [0.2, 0.25) is 0 Å². The average molecular weight is 408 g/mol. The number of nitrogens with zero attached hydrogens (tertiary/aromatic N) is 3. The predicted molar refractivity (Wildman–Crippen MR) is 116 cm³/mol. The van der Waals surface area contributed by atoms with Gasteiger partial charge in [-0.1, -0.05) is 41.9 Å².